The standard InChI is InChI=1S/C15H18FN3O2/c1-9(2)14(20)8-17-15(21)13-7-12(18-19-13)10-3-5-11(16)6-4-10/h3-7,9,14,20H,8H2,1-2H3,(H,17,21)(H,18,19). The maximum atomic E-state index is 12.9. The van der Waals surface area contributed by atoms with Crippen molar-refractivity contribution in [3.8, 4) is 11.3 Å². The number of hydrogen-bond donors (Lipinski definition) is 3. The van der Waals surface area contributed by atoms with Crippen LogP contribution < -0.4 is 5.32 Å². The van der Waals surface area contributed by atoms with Gasteiger partial charge in [0.05, 0.1) is 11.8 Å². The Balaban J connectivity index is 2.02. The van der Waals surface area contributed by atoms with Gasteiger partial charge >= 0.3 is 0 Å². The fourth-order valence-corrected chi connectivity index (χ4v) is 1.73. The molecule has 1 aromatic heterocycles. The lowest BCUT2D eigenvalue weighted by Crippen LogP contribution is -2.34. The average molecular weight is 291 g/mol. The van der Waals surface area contributed by atoms with E-state index in [0.29, 0.717) is 17.0 Å². The second-order valence-electron chi connectivity index (χ2n) is 5.20. The van der Waals surface area contributed by atoms with Crippen LogP contribution in [0.3, 0.4) is 0 Å². The minimum Gasteiger partial charge on any atom is -0.391 e. The van der Waals surface area contributed by atoms with Crippen molar-refractivity contribution in [1.82, 2.24) is 15.5 Å². The predicted octanol–water partition coefficient (Wildman–Crippen LogP) is 1.96. The monoisotopic (exact) mass is 291 g/mol. The maximum absolute atomic E-state index is 12.9. The molecule has 0 radical (unpaired) electrons. The zero-order chi connectivity index (χ0) is 15.4. The van der Waals surface area contributed by atoms with Gasteiger partial charge in [0, 0.05) is 12.1 Å². The van der Waals surface area contributed by atoms with Crippen molar-refractivity contribution in [3.63, 3.8) is 0 Å². The lowest BCUT2D eigenvalue weighted by atomic mass is 10.1. The van der Waals surface area contributed by atoms with Gasteiger partial charge in [0.15, 0.2) is 0 Å². The quantitative estimate of drug-likeness (QED) is 0.788. The minimum absolute atomic E-state index is 0.0712. The Morgan fingerprint density at radius 1 is 1.38 bits per heavy atom. The van der Waals surface area contributed by atoms with Crippen LogP contribution in [0.4, 0.5) is 4.39 Å². The van der Waals surface area contributed by atoms with Crippen LogP contribution in [0.5, 0.6) is 0 Å². The largest absolute Gasteiger partial charge is 0.391 e. The number of aromatic amines is 1. The summed E-state index contributed by atoms with van der Waals surface area (Å²) in [7, 11) is 0. The van der Waals surface area contributed by atoms with E-state index in [1.54, 1.807) is 18.2 Å². The number of halogens is 1. The summed E-state index contributed by atoms with van der Waals surface area (Å²) in [5.41, 5.74) is 1.57. The first-order valence-electron chi connectivity index (χ1n) is 6.75. The third-order valence-corrected chi connectivity index (χ3v) is 3.20. The molecule has 3 N–H and O–H groups in total. The molecular weight excluding hydrogens is 273 g/mol. The Morgan fingerprint density at radius 2 is 2.05 bits per heavy atom. The van der Waals surface area contributed by atoms with Crippen molar-refractivity contribution < 1.29 is 14.3 Å². The van der Waals surface area contributed by atoms with E-state index in [1.807, 2.05) is 13.8 Å². The van der Waals surface area contributed by atoms with Gasteiger partial charge in [-0.25, -0.2) is 4.39 Å². The number of amides is 1. The molecule has 1 amide bonds. The van der Waals surface area contributed by atoms with Gasteiger partial charge in [-0.1, -0.05) is 13.8 Å². The molecule has 2 rings (SSSR count). The first kappa shape index (κ1) is 15.2. The highest BCUT2D eigenvalue weighted by Crippen LogP contribution is 2.17. The lowest BCUT2D eigenvalue weighted by Gasteiger charge is -2.14. The van der Waals surface area contributed by atoms with Gasteiger partial charge in [0.25, 0.3) is 5.91 Å². The number of nitrogens with zero attached hydrogens (tertiary/aromatic N) is 1. The van der Waals surface area contributed by atoms with Crippen LogP contribution in [-0.2, 0) is 0 Å². The summed E-state index contributed by atoms with van der Waals surface area (Å²) >= 11 is 0. The molecule has 6 heteroatoms. The Morgan fingerprint density at radius 3 is 2.67 bits per heavy atom. The number of aromatic nitrogens is 2. The number of H-pyrrole nitrogens is 1. The van der Waals surface area contributed by atoms with E-state index >= 15 is 0 Å². The van der Waals surface area contributed by atoms with E-state index in [9.17, 15) is 14.3 Å². The van der Waals surface area contributed by atoms with Gasteiger partial charge in [0.1, 0.15) is 11.5 Å². The number of rotatable bonds is 5. The van der Waals surface area contributed by atoms with Gasteiger partial charge in [-0.3, -0.25) is 9.89 Å². The fourth-order valence-electron chi connectivity index (χ4n) is 1.73. The first-order valence-corrected chi connectivity index (χ1v) is 6.75. The van der Waals surface area contributed by atoms with Crippen LogP contribution in [0.15, 0.2) is 30.3 Å². The highest BCUT2D eigenvalue weighted by atomic mass is 19.1. The minimum atomic E-state index is -0.589. The zero-order valence-electron chi connectivity index (χ0n) is 11.9. The molecule has 0 aliphatic rings. The topological polar surface area (TPSA) is 78.0 Å². The number of nitrogens with one attached hydrogen (secondary N) is 2. The molecule has 1 atom stereocenters. The van der Waals surface area contributed by atoms with Crippen LogP contribution in [0.2, 0.25) is 0 Å². The third-order valence-electron chi connectivity index (χ3n) is 3.20. The number of hydrogen-bond acceptors (Lipinski definition) is 3. The normalized spacial score (nSPS) is 12.4. The molecule has 0 spiro atoms. The highest BCUT2D eigenvalue weighted by molar-refractivity contribution is 5.93. The number of benzene rings is 1. The highest BCUT2D eigenvalue weighted by Gasteiger charge is 2.14. The summed E-state index contributed by atoms with van der Waals surface area (Å²) in [6.07, 6.45) is -0.589. The first-order chi connectivity index (χ1) is 9.97. The fraction of sp³-hybridized carbons (Fsp3) is 0.333. The summed E-state index contributed by atoms with van der Waals surface area (Å²) in [5.74, 6) is -0.590. The summed E-state index contributed by atoms with van der Waals surface area (Å²) in [5, 5.41) is 19.0. The molecule has 1 heterocycles. The SMILES string of the molecule is CC(C)C(O)CNC(=O)c1cc(-c2ccc(F)cc2)n[nH]1. The predicted molar refractivity (Wildman–Crippen MR) is 77.2 cm³/mol. The summed E-state index contributed by atoms with van der Waals surface area (Å²) in [6.45, 7) is 3.93. The van der Waals surface area contributed by atoms with Gasteiger partial charge in [0.2, 0.25) is 0 Å². The van der Waals surface area contributed by atoms with E-state index in [2.05, 4.69) is 15.5 Å². The summed E-state index contributed by atoms with van der Waals surface area (Å²) < 4.78 is 12.9. The average Bonchev–Trinajstić information content (AvgIpc) is 2.94. The Kier molecular flexibility index (Phi) is 4.70. The molecule has 0 aliphatic carbocycles. The van der Waals surface area contributed by atoms with Crippen molar-refractivity contribution >= 4 is 5.91 Å². The molecule has 0 saturated heterocycles. The Hall–Kier alpha value is -2.21. The zero-order valence-corrected chi connectivity index (χ0v) is 11.9. The van der Waals surface area contributed by atoms with Gasteiger partial charge < -0.3 is 10.4 Å². The number of aliphatic hydroxyl groups excluding tert-OH is 1. The molecule has 0 aliphatic heterocycles. The van der Waals surface area contributed by atoms with E-state index < -0.39 is 6.10 Å². The molecule has 2 aromatic rings. The number of carbonyl (C=O) groups is 1. The van der Waals surface area contributed by atoms with Crippen molar-refractivity contribution in [2.45, 2.75) is 20.0 Å². The van der Waals surface area contributed by atoms with Crippen molar-refractivity contribution in [1.29, 1.82) is 0 Å². The second-order valence-corrected chi connectivity index (χ2v) is 5.20. The van der Waals surface area contributed by atoms with E-state index in [4.69, 9.17) is 0 Å². The lowest BCUT2D eigenvalue weighted by molar-refractivity contribution is 0.0867. The molecule has 0 saturated carbocycles. The Labute approximate surface area is 122 Å². The molecular formula is C15H18FN3O2. The summed E-state index contributed by atoms with van der Waals surface area (Å²) in [6, 6.07) is 7.45. The van der Waals surface area contributed by atoms with Crippen LogP contribution in [0.25, 0.3) is 11.3 Å². The van der Waals surface area contributed by atoms with E-state index in [0.717, 1.165) is 0 Å². The van der Waals surface area contributed by atoms with E-state index in [-0.39, 0.29) is 24.2 Å². The molecule has 1 aromatic carbocycles. The summed E-state index contributed by atoms with van der Waals surface area (Å²) in [4.78, 5) is 11.9. The second kappa shape index (κ2) is 6.49. The maximum Gasteiger partial charge on any atom is 0.269 e. The van der Waals surface area contributed by atoms with Crippen molar-refractivity contribution in [2.24, 2.45) is 5.92 Å². The van der Waals surface area contributed by atoms with Crippen LogP contribution in [0, 0.1) is 11.7 Å². The molecule has 1 unspecified atom stereocenters. The van der Waals surface area contributed by atoms with E-state index in [1.165, 1.54) is 12.1 Å². The van der Waals surface area contributed by atoms with Crippen molar-refractivity contribution in [2.75, 3.05) is 6.54 Å². The molecule has 0 fully saturated rings. The van der Waals surface area contributed by atoms with Crippen LogP contribution >= 0.6 is 0 Å². The molecule has 5 nitrogen and oxygen atoms in total. The number of carbonyl (C=O) groups excluding carboxylic acids is 1. The number of aliphatic hydroxyl groups is 1. The van der Waals surface area contributed by atoms with Crippen LogP contribution in [0.1, 0.15) is 24.3 Å². The van der Waals surface area contributed by atoms with Crippen molar-refractivity contribution in [3.05, 3.63) is 41.8 Å². The van der Waals surface area contributed by atoms with Gasteiger partial charge in [-0.15, -0.1) is 0 Å². The molecule has 112 valence electrons. The van der Waals surface area contributed by atoms with Crippen LogP contribution in [-0.4, -0.2) is 33.9 Å². The molecule has 21 heavy (non-hydrogen) atoms. The molecule has 0 bridgehead atoms. The van der Waals surface area contributed by atoms with Gasteiger partial charge in [-0.05, 0) is 36.2 Å². The van der Waals surface area contributed by atoms with Gasteiger partial charge in [-0.2, -0.15) is 5.10 Å². The smallest absolute Gasteiger partial charge is 0.269 e. The Bertz CT molecular complexity index is 608. The third kappa shape index (κ3) is 3.88.